The van der Waals surface area contributed by atoms with Gasteiger partial charge in [0, 0.05) is 17.2 Å². The molecule has 128 valence electrons. The first kappa shape index (κ1) is 17.0. The van der Waals surface area contributed by atoms with Gasteiger partial charge in [0.15, 0.2) is 11.0 Å². The lowest BCUT2D eigenvalue weighted by Crippen LogP contribution is -2.32. The zero-order valence-corrected chi connectivity index (χ0v) is 14.6. The van der Waals surface area contributed by atoms with Gasteiger partial charge in [-0.1, -0.05) is 43.3 Å². The van der Waals surface area contributed by atoms with E-state index in [2.05, 4.69) is 5.32 Å². The van der Waals surface area contributed by atoms with E-state index in [0.29, 0.717) is 27.9 Å². The van der Waals surface area contributed by atoms with Crippen LogP contribution in [0.25, 0.3) is 22.3 Å². The number of rotatable bonds is 4. The largest absolute Gasteiger partial charge is 0.455 e. The molecule has 0 saturated heterocycles. The van der Waals surface area contributed by atoms with Crippen LogP contribution in [0.5, 0.6) is 0 Å². The molecule has 1 unspecified atom stereocenters. The van der Waals surface area contributed by atoms with Gasteiger partial charge in [0.2, 0.25) is 0 Å². The molecule has 4 nitrogen and oxygen atoms in total. The van der Waals surface area contributed by atoms with E-state index in [1.165, 1.54) is 0 Å². The van der Waals surface area contributed by atoms with Crippen molar-refractivity contribution >= 4 is 16.9 Å². The van der Waals surface area contributed by atoms with Gasteiger partial charge in [-0.2, -0.15) is 0 Å². The smallest absolute Gasteiger partial charge is 0.255 e. The zero-order valence-electron chi connectivity index (χ0n) is 14.6. The maximum atomic E-state index is 12.8. The van der Waals surface area contributed by atoms with Crippen molar-refractivity contribution in [1.82, 2.24) is 5.32 Å². The summed E-state index contributed by atoms with van der Waals surface area (Å²) in [5.74, 6) is 0.271. The number of amides is 1. The second-order valence-electron chi connectivity index (χ2n) is 6.22. The molecule has 0 spiro atoms. The van der Waals surface area contributed by atoms with Gasteiger partial charge in [0.1, 0.15) is 5.76 Å². The Labute approximate surface area is 146 Å². The van der Waals surface area contributed by atoms with Crippen LogP contribution in [-0.4, -0.2) is 11.9 Å². The monoisotopic (exact) mass is 335 g/mol. The van der Waals surface area contributed by atoms with Crippen LogP contribution < -0.4 is 10.7 Å². The second kappa shape index (κ2) is 6.93. The Bertz CT molecular complexity index is 974. The minimum absolute atomic E-state index is 0.0496. The van der Waals surface area contributed by atoms with Crippen LogP contribution in [-0.2, 0) is 0 Å². The number of hydrogen-bond donors (Lipinski definition) is 1. The fourth-order valence-electron chi connectivity index (χ4n) is 2.76. The third-order valence-corrected chi connectivity index (χ3v) is 4.42. The first-order chi connectivity index (χ1) is 12.0. The third-order valence-electron chi connectivity index (χ3n) is 4.42. The number of carbonyl (C=O) groups is 1. The van der Waals surface area contributed by atoms with Crippen molar-refractivity contribution < 1.29 is 9.21 Å². The van der Waals surface area contributed by atoms with Gasteiger partial charge in [-0.3, -0.25) is 9.59 Å². The minimum Gasteiger partial charge on any atom is -0.455 e. The summed E-state index contributed by atoms with van der Waals surface area (Å²) >= 11 is 0. The Morgan fingerprint density at radius 3 is 2.52 bits per heavy atom. The SMILES string of the molecule is CCC(C)NC(=O)c1cccc2c(=O)c(C)c(-c3ccccc3)oc12. The molecule has 0 radical (unpaired) electrons. The number of carbonyl (C=O) groups excluding carboxylic acids is 1. The van der Waals surface area contributed by atoms with E-state index < -0.39 is 0 Å². The molecule has 4 heteroatoms. The van der Waals surface area contributed by atoms with E-state index in [0.717, 1.165) is 12.0 Å². The molecule has 2 aromatic carbocycles. The van der Waals surface area contributed by atoms with Gasteiger partial charge >= 0.3 is 0 Å². The molecule has 0 saturated carbocycles. The van der Waals surface area contributed by atoms with Crippen molar-refractivity contribution in [3.63, 3.8) is 0 Å². The van der Waals surface area contributed by atoms with Crippen LogP contribution in [0.3, 0.4) is 0 Å². The lowest BCUT2D eigenvalue weighted by molar-refractivity contribution is 0.0940. The van der Waals surface area contributed by atoms with Gasteiger partial charge in [0.05, 0.1) is 10.9 Å². The molecular weight excluding hydrogens is 314 g/mol. The highest BCUT2D eigenvalue weighted by molar-refractivity contribution is 6.05. The van der Waals surface area contributed by atoms with Crippen LogP contribution in [0.15, 0.2) is 57.7 Å². The molecule has 0 fully saturated rings. The molecule has 1 amide bonds. The van der Waals surface area contributed by atoms with E-state index in [4.69, 9.17) is 4.42 Å². The van der Waals surface area contributed by atoms with Crippen LogP contribution in [0.1, 0.15) is 36.2 Å². The topological polar surface area (TPSA) is 59.3 Å². The van der Waals surface area contributed by atoms with Gasteiger partial charge in [0.25, 0.3) is 5.91 Å². The molecule has 1 aromatic heterocycles. The maximum absolute atomic E-state index is 12.8. The number of para-hydroxylation sites is 1. The van der Waals surface area contributed by atoms with Crippen molar-refractivity contribution in [2.75, 3.05) is 0 Å². The summed E-state index contributed by atoms with van der Waals surface area (Å²) < 4.78 is 6.07. The summed E-state index contributed by atoms with van der Waals surface area (Å²) in [6.07, 6.45) is 0.828. The summed E-state index contributed by atoms with van der Waals surface area (Å²) in [6.45, 7) is 5.70. The van der Waals surface area contributed by atoms with Gasteiger partial charge in [-0.15, -0.1) is 0 Å². The molecule has 3 rings (SSSR count). The lowest BCUT2D eigenvalue weighted by atomic mass is 10.0. The Kier molecular flexibility index (Phi) is 4.70. The van der Waals surface area contributed by atoms with Crippen LogP contribution >= 0.6 is 0 Å². The lowest BCUT2D eigenvalue weighted by Gasteiger charge is -2.13. The Morgan fingerprint density at radius 1 is 1.12 bits per heavy atom. The first-order valence-electron chi connectivity index (χ1n) is 8.45. The highest BCUT2D eigenvalue weighted by Crippen LogP contribution is 2.27. The van der Waals surface area contributed by atoms with Crippen molar-refractivity contribution in [2.45, 2.75) is 33.2 Å². The fourth-order valence-corrected chi connectivity index (χ4v) is 2.76. The fraction of sp³-hybridized carbons (Fsp3) is 0.238. The average molecular weight is 335 g/mol. The van der Waals surface area contributed by atoms with Crippen LogP contribution in [0, 0.1) is 6.92 Å². The third kappa shape index (κ3) is 3.20. The van der Waals surface area contributed by atoms with Crippen LogP contribution in [0.4, 0.5) is 0 Å². The van der Waals surface area contributed by atoms with Crippen molar-refractivity contribution in [3.05, 3.63) is 69.9 Å². The van der Waals surface area contributed by atoms with Crippen molar-refractivity contribution in [3.8, 4) is 11.3 Å². The van der Waals surface area contributed by atoms with Crippen molar-refractivity contribution in [1.29, 1.82) is 0 Å². The molecule has 1 atom stereocenters. The molecule has 3 aromatic rings. The molecule has 0 bridgehead atoms. The summed E-state index contributed by atoms with van der Waals surface area (Å²) in [7, 11) is 0. The van der Waals surface area contributed by atoms with E-state index in [1.54, 1.807) is 25.1 Å². The minimum atomic E-state index is -0.231. The average Bonchev–Trinajstić information content (AvgIpc) is 2.64. The van der Waals surface area contributed by atoms with Crippen molar-refractivity contribution in [2.24, 2.45) is 0 Å². The van der Waals surface area contributed by atoms with E-state index >= 15 is 0 Å². The maximum Gasteiger partial charge on any atom is 0.255 e. The Balaban J connectivity index is 2.23. The molecule has 25 heavy (non-hydrogen) atoms. The van der Waals surface area contributed by atoms with Gasteiger partial charge in [-0.05, 0) is 32.4 Å². The van der Waals surface area contributed by atoms with E-state index in [-0.39, 0.29) is 17.4 Å². The van der Waals surface area contributed by atoms with Gasteiger partial charge < -0.3 is 9.73 Å². The highest BCUT2D eigenvalue weighted by Gasteiger charge is 2.18. The molecule has 0 aliphatic carbocycles. The normalized spacial score (nSPS) is 12.1. The molecule has 1 heterocycles. The number of fused-ring (bicyclic) bond motifs is 1. The summed E-state index contributed by atoms with van der Waals surface area (Å²) in [5.41, 5.74) is 1.96. The number of hydrogen-bond acceptors (Lipinski definition) is 3. The highest BCUT2D eigenvalue weighted by atomic mass is 16.3. The van der Waals surface area contributed by atoms with E-state index in [9.17, 15) is 9.59 Å². The Morgan fingerprint density at radius 2 is 1.84 bits per heavy atom. The first-order valence-corrected chi connectivity index (χ1v) is 8.45. The molecule has 0 aliphatic heterocycles. The summed E-state index contributed by atoms with van der Waals surface area (Å²) in [6, 6.07) is 14.6. The quantitative estimate of drug-likeness (QED) is 0.773. The second-order valence-corrected chi connectivity index (χ2v) is 6.22. The van der Waals surface area contributed by atoms with Crippen LogP contribution in [0.2, 0.25) is 0 Å². The molecular formula is C21H21NO3. The van der Waals surface area contributed by atoms with Gasteiger partial charge in [-0.25, -0.2) is 0 Å². The zero-order chi connectivity index (χ0) is 18.0. The number of nitrogens with one attached hydrogen (secondary N) is 1. The predicted molar refractivity (Wildman–Crippen MR) is 99.9 cm³/mol. The standard InChI is InChI=1S/C21H21NO3/c1-4-13(2)22-21(24)17-12-8-11-16-18(23)14(3)19(25-20(16)17)15-9-6-5-7-10-15/h5-13H,4H2,1-3H3,(H,22,24). The van der Waals surface area contributed by atoms with E-state index in [1.807, 2.05) is 44.2 Å². The number of benzene rings is 2. The Hall–Kier alpha value is -2.88. The summed E-state index contributed by atoms with van der Waals surface area (Å²) in [5, 5.41) is 3.36. The molecule has 0 aliphatic rings. The molecule has 1 N–H and O–H groups in total. The summed E-state index contributed by atoms with van der Waals surface area (Å²) in [4.78, 5) is 25.4. The predicted octanol–water partition coefficient (Wildman–Crippen LogP) is 4.30.